The molecule has 32 heavy (non-hydrogen) atoms. The molecule has 0 radical (unpaired) electrons. The maximum absolute atomic E-state index is 14.4. The maximum Gasteiger partial charge on any atom is 0.303 e. The molecular weight excluding hydrogens is 459 g/mol. The van der Waals surface area contributed by atoms with Crippen LogP contribution in [0.2, 0.25) is 10.0 Å². The van der Waals surface area contributed by atoms with Crippen molar-refractivity contribution in [3.05, 3.63) is 98.3 Å². The van der Waals surface area contributed by atoms with Gasteiger partial charge in [0.05, 0.1) is 12.1 Å². The number of aromatic nitrogens is 2. The summed E-state index contributed by atoms with van der Waals surface area (Å²) >= 11 is 12.3. The van der Waals surface area contributed by atoms with Crippen LogP contribution < -0.4 is 10.5 Å². The molecule has 0 bridgehead atoms. The lowest BCUT2D eigenvalue weighted by Gasteiger charge is -2.22. The molecule has 0 aliphatic carbocycles. The smallest absolute Gasteiger partial charge is 0.303 e. The average molecular weight is 472 g/mol. The van der Waals surface area contributed by atoms with E-state index in [-0.39, 0.29) is 18.1 Å². The maximum atomic E-state index is 14.4. The van der Waals surface area contributed by atoms with Crippen molar-refractivity contribution in [1.82, 2.24) is 9.97 Å². The first kappa shape index (κ1) is 20.5. The van der Waals surface area contributed by atoms with E-state index in [1.54, 1.807) is 47.4 Å². The van der Waals surface area contributed by atoms with E-state index in [1.807, 2.05) is 0 Å². The third kappa shape index (κ3) is 3.70. The zero-order chi connectivity index (χ0) is 22.4. The molecule has 5 nitrogen and oxygen atoms in total. The van der Waals surface area contributed by atoms with E-state index < -0.39 is 17.2 Å². The van der Waals surface area contributed by atoms with E-state index in [9.17, 15) is 13.6 Å². The van der Waals surface area contributed by atoms with Crippen molar-refractivity contribution < 1.29 is 13.2 Å². The number of pyridine rings is 1. The fourth-order valence-corrected chi connectivity index (χ4v) is 3.90. The second-order valence-electron chi connectivity index (χ2n) is 7.12. The second kappa shape index (κ2) is 7.93. The zero-order valence-corrected chi connectivity index (χ0v) is 17.7. The number of benzene rings is 3. The van der Waals surface area contributed by atoms with E-state index in [2.05, 4.69) is 9.97 Å². The summed E-state index contributed by atoms with van der Waals surface area (Å²) in [7, 11) is 0. The highest BCUT2D eigenvalue weighted by molar-refractivity contribution is 6.31. The zero-order valence-electron chi connectivity index (χ0n) is 16.2. The molecule has 9 heteroatoms. The Balaban J connectivity index is 1.70. The molecule has 5 aromatic rings. The lowest BCUT2D eigenvalue weighted by atomic mass is 10.1. The van der Waals surface area contributed by atoms with Gasteiger partial charge in [0, 0.05) is 27.2 Å². The number of halogens is 4. The Morgan fingerprint density at radius 2 is 1.81 bits per heavy atom. The van der Waals surface area contributed by atoms with Crippen molar-refractivity contribution in [1.29, 1.82) is 0 Å². The van der Waals surface area contributed by atoms with E-state index in [1.165, 1.54) is 12.1 Å². The van der Waals surface area contributed by atoms with E-state index in [0.717, 1.165) is 6.07 Å². The van der Waals surface area contributed by atoms with Gasteiger partial charge in [-0.15, -0.1) is 0 Å². The van der Waals surface area contributed by atoms with Gasteiger partial charge < -0.3 is 9.40 Å². The number of fused-ring (bicyclic) bond motifs is 2. The van der Waals surface area contributed by atoms with Gasteiger partial charge >= 0.3 is 6.01 Å². The molecule has 0 amide bonds. The summed E-state index contributed by atoms with van der Waals surface area (Å²) in [6.07, 6.45) is 0. The Morgan fingerprint density at radius 3 is 2.62 bits per heavy atom. The van der Waals surface area contributed by atoms with E-state index in [4.69, 9.17) is 27.6 Å². The Hall–Kier alpha value is -3.42. The van der Waals surface area contributed by atoms with Gasteiger partial charge in [-0.1, -0.05) is 29.3 Å². The summed E-state index contributed by atoms with van der Waals surface area (Å²) in [4.78, 5) is 20.8. The number of nitrogens with zero attached hydrogens (tertiary/aromatic N) is 2. The first-order chi connectivity index (χ1) is 15.4. The number of oxazole rings is 1. The Morgan fingerprint density at radius 1 is 1.00 bits per heavy atom. The molecule has 2 aromatic heterocycles. The van der Waals surface area contributed by atoms with Crippen LogP contribution in [0.3, 0.4) is 0 Å². The van der Waals surface area contributed by atoms with Crippen LogP contribution in [-0.4, -0.2) is 9.97 Å². The summed E-state index contributed by atoms with van der Waals surface area (Å²) in [5.41, 5.74) is 1.37. The van der Waals surface area contributed by atoms with E-state index in [0.29, 0.717) is 37.8 Å². The summed E-state index contributed by atoms with van der Waals surface area (Å²) in [6, 6.07) is 16.0. The number of rotatable bonds is 4. The monoisotopic (exact) mass is 471 g/mol. The molecule has 0 saturated heterocycles. The Bertz CT molecular complexity index is 1550. The van der Waals surface area contributed by atoms with Gasteiger partial charge in [0.2, 0.25) is 5.56 Å². The number of anilines is 2. The molecule has 160 valence electrons. The number of hydrogen-bond acceptors (Lipinski definition) is 4. The van der Waals surface area contributed by atoms with Crippen LogP contribution in [0.4, 0.5) is 20.5 Å². The topological polar surface area (TPSA) is 62.1 Å². The van der Waals surface area contributed by atoms with Crippen molar-refractivity contribution in [2.45, 2.75) is 6.54 Å². The quantitative estimate of drug-likeness (QED) is 0.321. The first-order valence-corrected chi connectivity index (χ1v) is 10.2. The van der Waals surface area contributed by atoms with Crippen LogP contribution in [0.25, 0.3) is 22.0 Å². The van der Waals surface area contributed by atoms with Crippen molar-refractivity contribution in [2.24, 2.45) is 0 Å². The second-order valence-corrected chi connectivity index (χ2v) is 7.99. The Kier molecular flexibility index (Phi) is 5.07. The highest BCUT2D eigenvalue weighted by atomic mass is 35.5. The molecule has 0 fully saturated rings. The number of H-pyrrole nitrogens is 1. The average Bonchev–Trinajstić information content (AvgIpc) is 3.17. The highest BCUT2D eigenvalue weighted by Crippen LogP contribution is 2.33. The molecule has 2 heterocycles. The molecule has 0 spiro atoms. The van der Waals surface area contributed by atoms with Gasteiger partial charge in [-0.25, -0.2) is 8.78 Å². The van der Waals surface area contributed by atoms with Crippen LogP contribution in [0, 0.1) is 11.6 Å². The third-order valence-corrected chi connectivity index (χ3v) is 5.48. The standard InChI is InChI=1S/C23H13Cl2F2N3O2/c24-13-2-1-3-15(9-13)30(23-28-18-10-14(25)4-7-19(18)32-23)11-12-8-20(31)29-22-16(12)5-6-17(26)21(22)27/h1-10H,11H2,(H,29,31). The largest absolute Gasteiger partial charge is 0.423 e. The lowest BCUT2D eigenvalue weighted by Crippen LogP contribution is -2.19. The fourth-order valence-electron chi connectivity index (χ4n) is 3.55. The fraction of sp³-hybridized carbons (Fsp3) is 0.0435. The van der Waals surface area contributed by atoms with Gasteiger partial charge in [-0.2, -0.15) is 4.98 Å². The van der Waals surface area contributed by atoms with Crippen LogP contribution in [0.1, 0.15) is 5.56 Å². The summed E-state index contributed by atoms with van der Waals surface area (Å²) < 4.78 is 34.0. The van der Waals surface area contributed by atoms with Crippen molar-refractivity contribution in [3.8, 4) is 0 Å². The normalized spacial score (nSPS) is 11.4. The van der Waals surface area contributed by atoms with Crippen LogP contribution >= 0.6 is 23.2 Å². The SMILES string of the molecule is O=c1cc(CN(c2cccc(Cl)c2)c2nc3cc(Cl)ccc3o2)c2ccc(F)c(F)c2[nH]1. The summed E-state index contributed by atoms with van der Waals surface area (Å²) in [6.45, 7) is 0.0758. The Labute approximate surface area is 189 Å². The molecule has 0 unspecified atom stereocenters. The van der Waals surface area contributed by atoms with Gasteiger partial charge in [-0.3, -0.25) is 9.69 Å². The predicted molar refractivity (Wildman–Crippen MR) is 121 cm³/mol. The molecule has 0 saturated carbocycles. The molecule has 5 rings (SSSR count). The van der Waals surface area contributed by atoms with Crippen LogP contribution in [0.5, 0.6) is 0 Å². The minimum absolute atomic E-state index is 0.0758. The third-order valence-electron chi connectivity index (χ3n) is 5.01. The van der Waals surface area contributed by atoms with Crippen LogP contribution in [0.15, 0.2) is 69.9 Å². The van der Waals surface area contributed by atoms with Crippen LogP contribution in [-0.2, 0) is 6.54 Å². The van der Waals surface area contributed by atoms with Crippen molar-refractivity contribution >= 4 is 56.9 Å². The summed E-state index contributed by atoms with van der Waals surface area (Å²) in [5.74, 6) is -2.17. The molecule has 1 N–H and O–H groups in total. The molecular formula is C23H13Cl2F2N3O2. The molecule has 0 atom stereocenters. The molecule has 0 aliphatic heterocycles. The molecule has 3 aromatic carbocycles. The minimum atomic E-state index is -1.12. The number of hydrogen-bond donors (Lipinski definition) is 1. The summed E-state index contributed by atoms with van der Waals surface area (Å²) in [5, 5.41) is 1.34. The van der Waals surface area contributed by atoms with E-state index >= 15 is 0 Å². The van der Waals surface area contributed by atoms with Gasteiger partial charge in [0.1, 0.15) is 5.52 Å². The van der Waals surface area contributed by atoms with Crippen molar-refractivity contribution in [3.63, 3.8) is 0 Å². The first-order valence-electron chi connectivity index (χ1n) is 9.48. The lowest BCUT2D eigenvalue weighted by molar-refractivity contribution is 0.515. The van der Waals surface area contributed by atoms with Gasteiger partial charge in [0.15, 0.2) is 17.2 Å². The van der Waals surface area contributed by atoms with Gasteiger partial charge in [0.25, 0.3) is 0 Å². The number of aromatic amines is 1. The predicted octanol–water partition coefficient (Wildman–Crippen LogP) is 6.59. The minimum Gasteiger partial charge on any atom is -0.423 e. The number of nitrogens with one attached hydrogen (secondary N) is 1. The molecule has 0 aliphatic rings. The van der Waals surface area contributed by atoms with Crippen molar-refractivity contribution in [2.75, 3.05) is 4.90 Å². The van der Waals surface area contributed by atoms with Gasteiger partial charge in [-0.05, 0) is 54.1 Å². The highest BCUT2D eigenvalue weighted by Gasteiger charge is 2.20.